The summed E-state index contributed by atoms with van der Waals surface area (Å²) < 4.78 is 11.0. The van der Waals surface area contributed by atoms with Crippen LogP contribution >= 0.6 is 0 Å². The van der Waals surface area contributed by atoms with E-state index in [1.54, 1.807) is 23.1 Å². The van der Waals surface area contributed by atoms with Crippen LogP contribution in [0.15, 0.2) is 41.5 Å². The van der Waals surface area contributed by atoms with Crippen LogP contribution in [0.4, 0.5) is 0 Å². The molecule has 3 amide bonds. The van der Waals surface area contributed by atoms with Crippen molar-refractivity contribution in [2.75, 3.05) is 32.9 Å². The molecule has 2 aliphatic carbocycles. The third kappa shape index (κ3) is 3.21. The van der Waals surface area contributed by atoms with E-state index in [-0.39, 0.29) is 48.0 Å². The van der Waals surface area contributed by atoms with Gasteiger partial charge < -0.3 is 14.4 Å². The number of para-hydroxylation sites is 1. The van der Waals surface area contributed by atoms with Gasteiger partial charge in [-0.1, -0.05) is 24.3 Å². The first-order chi connectivity index (χ1) is 14.6. The van der Waals surface area contributed by atoms with Crippen molar-refractivity contribution >= 4 is 23.9 Å². The molecular weight excluding hydrogens is 386 g/mol. The Labute approximate surface area is 174 Å². The average molecular weight is 409 g/mol. The number of amides is 3. The maximum atomic E-state index is 12.7. The van der Waals surface area contributed by atoms with Crippen LogP contribution in [-0.4, -0.2) is 66.8 Å². The monoisotopic (exact) mass is 409 g/mol. The van der Waals surface area contributed by atoms with Crippen molar-refractivity contribution < 1.29 is 23.9 Å². The summed E-state index contributed by atoms with van der Waals surface area (Å²) in [4.78, 5) is 39.5. The van der Waals surface area contributed by atoms with E-state index in [4.69, 9.17) is 9.47 Å². The fourth-order valence-corrected chi connectivity index (χ4v) is 4.88. The zero-order valence-electron chi connectivity index (χ0n) is 16.5. The minimum Gasteiger partial charge on any atom is -0.483 e. The second-order valence-electron chi connectivity index (χ2n) is 8.05. The summed E-state index contributed by atoms with van der Waals surface area (Å²) >= 11 is 0. The lowest BCUT2D eigenvalue weighted by Crippen LogP contribution is -2.43. The van der Waals surface area contributed by atoms with Crippen molar-refractivity contribution in [1.29, 1.82) is 0 Å². The van der Waals surface area contributed by atoms with E-state index in [1.807, 2.05) is 6.07 Å². The number of carbonyl (C=O) groups excluding carboxylic acids is 3. The molecule has 1 aromatic rings. The number of nitrogens with zero attached hydrogens (tertiary/aromatic N) is 3. The molecule has 1 saturated carbocycles. The van der Waals surface area contributed by atoms with Gasteiger partial charge in [0.25, 0.3) is 17.7 Å². The zero-order valence-corrected chi connectivity index (χ0v) is 16.5. The molecule has 156 valence electrons. The number of hydrogen-bond donors (Lipinski definition) is 0. The molecule has 2 aliphatic heterocycles. The molecule has 4 atom stereocenters. The molecule has 0 spiro atoms. The number of rotatable bonds is 5. The highest BCUT2D eigenvalue weighted by molar-refractivity contribution is 6.06. The van der Waals surface area contributed by atoms with Crippen LogP contribution in [0, 0.1) is 23.7 Å². The van der Waals surface area contributed by atoms with Crippen LogP contribution in [0.5, 0.6) is 5.75 Å². The Bertz CT molecular complexity index is 906. The van der Waals surface area contributed by atoms with Crippen LogP contribution in [-0.2, 0) is 19.1 Å². The van der Waals surface area contributed by atoms with Gasteiger partial charge in [-0.25, -0.2) is 0 Å². The highest BCUT2D eigenvalue weighted by atomic mass is 16.5. The largest absolute Gasteiger partial charge is 0.483 e. The van der Waals surface area contributed by atoms with Gasteiger partial charge in [0, 0.05) is 18.7 Å². The minimum atomic E-state index is -0.276. The summed E-state index contributed by atoms with van der Waals surface area (Å²) in [6.07, 6.45) is 6.45. The van der Waals surface area contributed by atoms with Gasteiger partial charge >= 0.3 is 0 Å². The molecule has 0 radical (unpaired) electrons. The highest BCUT2D eigenvalue weighted by Crippen LogP contribution is 2.52. The van der Waals surface area contributed by atoms with Crippen molar-refractivity contribution in [1.82, 2.24) is 9.91 Å². The van der Waals surface area contributed by atoms with Gasteiger partial charge in [-0.15, -0.1) is 0 Å². The molecule has 2 bridgehead atoms. The predicted molar refractivity (Wildman–Crippen MR) is 107 cm³/mol. The van der Waals surface area contributed by atoms with Crippen molar-refractivity contribution in [3.05, 3.63) is 42.0 Å². The van der Waals surface area contributed by atoms with Crippen molar-refractivity contribution in [2.24, 2.45) is 28.8 Å². The lowest BCUT2D eigenvalue weighted by Gasteiger charge is -2.26. The topological polar surface area (TPSA) is 88.5 Å². The third-order valence-electron chi connectivity index (χ3n) is 6.39. The molecule has 8 nitrogen and oxygen atoms in total. The van der Waals surface area contributed by atoms with Crippen LogP contribution < -0.4 is 4.74 Å². The second kappa shape index (κ2) is 7.68. The Balaban J connectivity index is 1.27. The standard InChI is InChI=1S/C22H23N3O5/c26-18(24-7-9-29-10-8-24)13-30-17-4-2-1-3-16(17)12-23-25-21(27)19-14-5-6-15(11-14)20(19)22(25)28/h1-6,12,14-15,19-20H,7-11,13H2. The van der Waals surface area contributed by atoms with E-state index in [9.17, 15) is 14.4 Å². The van der Waals surface area contributed by atoms with E-state index in [0.717, 1.165) is 11.4 Å². The van der Waals surface area contributed by atoms with Crippen molar-refractivity contribution in [2.45, 2.75) is 6.42 Å². The molecule has 1 aromatic carbocycles. The number of ether oxygens (including phenoxy) is 2. The lowest BCUT2D eigenvalue weighted by molar-refractivity contribution is -0.140. The summed E-state index contributed by atoms with van der Waals surface area (Å²) in [7, 11) is 0. The van der Waals surface area contributed by atoms with E-state index in [2.05, 4.69) is 17.3 Å². The van der Waals surface area contributed by atoms with E-state index >= 15 is 0 Å². The predicted octanol–water partition coefficient (Wildman–Crippen LogP) is 1.07. The van der Waals surface area contributed by atoms with E-state index < -0.39 is 0 Å². The average Bonchev–Trinajstić information content (AvgIpc) is 3.46. The van der Waals surface area contributed by atoms with Crippen LogP contribution in [0.1, 0.15) is 12.0 Å². The van der Waals surface area contributed by atoms with Gasteiger partial charge in [-0.05, 0) is 30.4 Å². The first-order valence-electron chi connectivity index (χ1n) is 10.3. The van der Waals surface area contributed by atoms with Crippen LogP contribution in [0.2, 0.25) is 0 Å². The minimum absolute atomic E-state index is 0.0917. The Hall–Kier alpha value is -3.00. The highest BCUT2D eigenvalue weighted by Gasteiger charge is 2.59. The first-order valence-corrected chi connectivity index (χ1v) is 10.3. The maximum Gasteiger partial charge on any atom is 0.260 e. The Morgan fingerprint density at radius 2 is 1.77 bits per heavy atom. The fourth-order valence-electron chi connectivity index (χ4n) is 4.88. The summed E-state index contributed by atoms with van der Waals surface area (Å²) in [6, 6.07) is 7.12. The smallest absolute Gasteiger partial charge is 0.260 e. The molecule has 4 aliphatic rings. The Morgan fingerprint density at radius 1 is 1.10 bits per heavy atom. The molecule has 0 aromatic heterocycles. The van der Waals surface area contributed by atoms with Crippen LogP contribution in [0.3, 0.4) is 0 Å². The quantitative estimate of drug-likeness (QED) is 0.412. The van der Waals surface area contributed by atoms with Gasteiger partial charge in [0.15, 0.2) is 6.61 Å². The van der Waals surface area contributed by atoms with Crippen LogP contribution in [0.25, 0.3) is 0 Å². The molecule has 3 fully saturated rings. The third-order valence-corrected chi connectivity index (χ3v) is 6.39. The summed E-state index contributed by atoms with van der Waals surface area (Å²) in [5.74, 6) is -0.325. The molecule has 5 rings (SSSR count). The molecule has 2 heterocycles. The Kier molecular flexibility index (Phi) is 4.86. The van der Waals surface area contributed by atoms with Gasteiger partial charge in [0.1, 0.15) is 5.75 Å². The molecular formula is C22H23N3O5. The fraction of sp³-hybridized carbons (Fsp3) is 0.455. The summed E-state index contributed by atoms with van der Waals surface area (Å²) in [5.41, 5.74) is 0.603. The molecule has 30 heavy (non-hydrogen) atoms. The summed E-state index contributed by atoms with van der Waals surface area (Å²) in [5, 5.41) is 5.21. The van der Waals surface area contributed by atoms with Gasteiger partial charge in [0.05, 0.1) is 31.3 Å². The van der Waals surface area contributed by atoms with Gasteiger partial charge in [-0.3, -0.25) is 14.4 Å². The number of allylic oxidation sites excluding steroid dienone is 2. The zero-order chi connectivity index (χ0) is 20.7. The number of hydrazone groups is 1. The van der Waals surface area contributed by atoms with E-state index in [1.165, 1.54) is 6.21 Å². The van der Waals surface area contributed by atoms with Crippen molar-refractivity contribution in [3.63, 3.8) is 0 Å². The number of hydrogen-bond acceptors (Lipinski definition) is 6. The maximum absolute atomic E-state index is 12.7. The van der Waals surface area contributed by atoms with Gasteiger partial charge in [0.2, 0.25) is 0 Å². The number of morpholine rings is 1. The second-order valence-corrected chi connectivity index (χ2v) is 8.05. The number of carbonyl (C=O) groups is 3. The molecule has 8 heteroatoms. The molecule has 0 N–H and O–H groups in total. The molecule has 4 unspecified atom stereocenters. The molecule has 2 saturated heterocycles. The first kappa shape index (κ1) is 19.0. The Morgan fingerprint density at radius 3 is 2.47 bits per heavy atom. The van der Waals surface area contributed by atoms with Gasteiger partial charge in [-0.2, -0.15) is 10.1 Å². The van der Waals surface area contributed by atoms with Crippen molar-refractivity contribution in [3.8, 4) is 5.75 Å². The summed E-state index contributed by atoms with van der Waals surface area (Å²) in [6.45, 7) is 2.09. The number of fused-ring (bicyclic) bond motifs is 5. The number of imide groups is 1. The normalized spacial score (nSPS) is 29.9. The lowest BCUT2D eigenvalue weighted by atomic mass is 9.85. The van der Waals surface area contributed by atoms with E-state index in [0.29, 0.717) is 37.6 Å². The number of benzene rings is 1. The SMILES string of the molecule is O=C(COc1ccccc1C=NN1C(=O)C2C3C=CC(C3)C2C1=O)N1CCOCC1.